The monoisotopic (exact) mass is 315 g/mol. The summed E-state index contributed by atoms with van der Waals surface area (Å²) in [6, 6.07) is 0. The van der Waals surface area contributed by atoms with Crippen LogP contribution in [0.5, 0.6) is 0 Å². The van der Waals surface area contributed by atoms with Gasteiger partial charge in [0.2, 0.25) is 0 Å². The highest BCUT2D eigenvalue weighted by molar-refractivity contribution is 9.10. The van der Waals surface area contributed by atoms with Crippen LogP contribution in [0.1, 0.15) is 25.5 Å². The number of rotatable bonds is 2. The van der Waals surface area contributed by atoms with Crippen LogP contribution in [-0.2, 0) is 0 Å². The Morgan fingerprint density at radius 3 is 2.81 bits per heavy atom. The first-order valence-corrected chi connectivity index (χ1v) is 6.92. The molecule has 2 heterocycles. The van der Waals surface area contributed by atoms with Crippen molar-refractivity contribution in [2.75, 3.05) is 0 Å². The summed E-state index contributed by atoms with van der Waals surface area (Å²) in [6.45, 7) is 4.21. The normalized spacial score (nSPS) is 11.0. The van der Waals surface area contributed by atoms with Crippen molar-refractivity contribution in [2.24, 2.45) is 0 Å². The minimum Gasteiger partial charge on any atom is -0.341 e. The van der Waals surface area contributed by atoms with Crippen LogP contribution >= 0.6 is 39.5 Å². The predicted octanol–water partition coefficient (Wildman–Crippen LogP) is 4.15. The fraction of sp³-hybridized carbons (Fsp3) is 0.300. The first kappa shape index (κ1) is 11.9. The summed E-state index contributed by atoms with van der Waals surface area (Å²) >= 11 is 10.2. The molecule has 84 valence electrons. The van der Waals surface area contributed by atoms with E-state index in [0.29, 0.717) is 10.6 Å². The van der Waals surface area contributed by atoms with Crippen LogP contribution in [0.25, 0.3) is 11.5 Å². The van der Waals surface area contributed by atoms with Gasteiger partial charge >= 0.3 is 0 Å². The van der Waals surface area contributed by atoms with Gasteiger partial charge < -0.3 is 4.98 Å². The van der Waals surface area contributed by atoms with E-state index >= 15 is 0 Å². The number of nitrogens with zero attached hydrogens (tertiary/aromatic N) is 2. The van der Waals surface area contributed by atoms with Gasteiger partial charge in [-0.25, -0.2) is 9.97 Å². The number of thiazole rings is 1. The van der Waals surface area contributed by atoms with E-state index in [2.05, 4.69) is 44.7 Å². The van der Waals surface area contributed by atoms with Gasteiger partial charge in [-0.15, -0.1) is 11.3 Å². The van der Waals surface area contributed by atoms with Crippen molar-refractivity contribution < 1.29 is 0 Å². The number of H-pyrrole nitrogens is 1. The lowest BCUT2D eigenvalue weighted by atomic mass is 10.1. The van der Waals surface area contributed by atoms with Gasteiger partial charge in [-0.2, -0.15) is 0 Å². The van der Waals surface area contributed by atoms with Gasteiger partial charge in [-0.1, -0.05) is 26.1 Å². The van der Waals surface area contributed by atoms with Crippen LogP contribution in [-0.4, -0.2) is 15.0 Å². The van der Waals surface area contributed by atoms with E-state index in [1.807, 2.05) is 5.38 Å². The molecule has 2 aromatic heterocycles. The highest BCUT2D eigenvalue weighted by Crippen LogP contribution is 2.26. The average Bonchev–Trinajstić information content (AvgIpc) is 2.74. The van der Waals surface area contributed by atoms with Crippen molar-refractivity contribution in [3.05, 3.63) is 25.7 Å². The zero-order chi connectivity index (χ0) is 11.7. The van der Waals surface area contributed by atoms with Crippen LogP contribution in [0.3, 0.4) is 0 Å². The molecule has 0 bridgehead atoms. The topological polar surface area (TPSA) is 41.6 Å². The number of nitrogens with one attached hydrogen (secondary N) is 1. The molecule has 2 rings (SSSR count). The molecule has 0 aliphatic carbocycles. The van der Waals surface area contributed by atoms with Gasteiger partial charge in [0, 0.05) is 11.1 Å². The molecule has 6 heteroatoms. The smallest absolute Gasteiger partial charge is 0.158 e. The minimum absolute atomic E-state index is 0.358. The second kappa shape index (κ2) is 4.73. The van der Waals surface area contributed by atoms with Crippen molar-refractivity contribution in [3.63, 3.8) is 0 Å². The molecule has 0 aliphatic heterocycles. The molecule has 16 heavy (non-hydrogen) atoms. The predicted molar refractivity (Wildman–Crippen MR) is 72.3 cm³/mol. The van der Waals surface area contributed by atoms with Gasteiger partial charge in [0.15, 0.2) is 5.82 Å². The van der Waals surface area contributed by atoms with Crippen LogP contribution in [0.15, 0.2) is 15.4 Å². The molecular weight excluding hydrogens is 306 g/mol. The molecule has 2 aromatic rings. The van der Waals surface area contributed by atoms with E-state index in [1.165, 1.54) is 0 Å². The minimum atomic E-state index is 0.358. The third kappa shape index (κ3) is 2.23. The maximum Gasteiger partial charge on any atom is 0.158 e. The Labute approximate surface area is 111 Å². The van der Waals surface area contributed by atoms with Crippen LogP contribution < -0.4 is 0 Å². The summed E-state index contributed by atoms with van der Waals surface area (Å²) in [4.78, 5) is 11.8. The third-order valence-corrected chi connectivity index (χ3v) is 4.09. The molecule has 1 N–H and O–H groups in total. The Hall–Kier alpha value is -0.590. The Bertz CT molecular complexity index is 546. The van der Waals surface area contributed by atoms with Gasteiger partial charge in [0.1, 0.15) is 10.3 Å². The lowest BCUT2D eigenvalue weighted by Gasteiger charge is -2.10. The van der Waals surface area contributed by atoms with Crippen LogP contribution in [0, 0.1) is 4.64 Å². The molecule has 0 spiro atoms. The molecule has 0 saturated carbocycles. The average molecular weight is 316 g/mol. The Morgan fingerprint density at radius 2 is 2.25 bits per heavy atom. The first-order chi connectivity index (χ1) is 7.59. The molecule has 0 unspecified atom stereocenters. The zero-order valence-corrected chi connectivity index (χ0v) is 12.0. The maximum absolute atomic E-state index is 5.22. The second-order valence-corrected chi connectivity index (χ2v) is 5.54. The van der Waals surface area contributed by atoms with Gasteiger partial charge in [0.05, 0.1) is 9.98 Å². The number of halogens is 1. The standard InChI is InChI=1S/C10H10BrN3S2/c1-5(2)8-7(11)10(15)14-9(13-8)6-3-16-4-12-6/h3-5H,1-2H3,(H,13,14,15). The van der Waals surface area contributed by atoms with E-state index in [-0.39, 0.29) is 0 Å². The van der Waals surface area contributed by atoms with Crippen molar-refractivity contribution in [3.8, 4) is 11.5 Å². The molecule has 0 atom stereocenters. The fourth-order valence-electron chi connectivity index (χ4n) is 1.32. The molecule has 3 nitrogen and oxygen atoms in total. The highest BCUT2D eigenvalue weighted by Gasteiger charge is 2.11. The number of aromatic nitrogens is 3. The van der Waals surface area contributed by atoms with Crippen molar-refractivity contribution in [1.29, 1.82) is 0 Å². The molecular formula is C10H10BrN3S2. The molecule has 0 saturated heterocycles. The van der Waals surface area contributed by atoms with Gasteiger partial charge in [-0.3, -0.25) is 0 Å². The summed E-state index contributed by atoms with van der Waals surface area (Å²) < 4.78 is 1.45. The van der Waals surface area contributed by atoms with Crippen molar-refractivity contribution in [1.82, 2.24) is 15.0 Å². The molecule has 0 aromatic carbocycles. The first-order valence-electron chi connectivity index (χ1n) is 4.78. The molecule has 0 amide bonds. The van der Waals surface area contributed by atoms with E-state index in [1.54, 1.807) is 16.8 Å². The summed E-state index contributed by atoms with van der Waals surface area (Å²) in [5.41, 5.74) is 3.68. The lowest BCUT2D eigenvalue weighted by Crippen LogP contribution is -2.00. The van der Waals surface area contributed by atoms with Crippen LogP contribution in [0.2, 0.25) is 0 Å². The molecule has 0 radical (unpaired) electrons. The second-order valence-electron chi connectivity index (χ2n) is 3.65. The van der Waals surface area contributed by atoms with E-state index in [4.69, 9.17) is 12.2 Å². The molecule has 0 fully saturated rings. The Kier molecular flexibility index (Phi) is 3.51. The van der Waals surface area contributed by atoms with E-state index in [9.17, 15) is 0 Å². The SMILES string of the molecule is CC(C)c1[nH]c(-c2cscn2)nc(=S)c1Br. The summed E-state index contributed by atoms with van der Waals surface area (Å²) in [5, 5.41) is 1.95. The molecule has 0 aliphatic rings. The largest absolute Gasteiger partial charge is 0.341 e. The summed E-state index contributed by atoms with van der Waals surface area (Å²) in [7, 11) is 0. The quantitative estimate of drug-likeness (QED) is 0.846. The maximum atomic E-state index is 5.22. The van der Waals surface area contributed by atoms with Gasteiger partial charge in [-0.05, 0) is 21.8 Å². The lowest BCUT2D eigenvalue weighted by molar-refractivity contribution is 0.806. The Morgan fingerprint density at radius 1 is 1.50 bits per heavy atom. The highest BCUT2D eigenvalue weighted by atomic mass is 79.9. The number of hydrogen-bond acceptors (Lipinski definition) is 4. The van der Waals surface area contributed by atoms with Crippen molar-refractivity contribution >= 4 is 39.5 Å². The van der Waals surface area contributed by atoms with Gasteiger partial charge in [0.25, 0.3) is 0 Å². The van der Waals surface area contributed by atoms with Crippen LogP contribution in [0.4, 0.5) is 0 Å². The summed E-state index contributed by atoms with van der Waals surface area (Å²) in [6.07, 6.45) is 0. The van der Waals surface area contributed by atoms with E-state index in [0.717, 1.165) is 21.7 Å². The third-order valence-electron chi connectivity index (χ3n) is 2.14. The summed E-state index contributed by atoms with van der Waals surface area (Å²) in [5.74, 6) is 1.09. The number of hydrogen-bond donors (Lipinski definition) is 1. The Balaban J connectivity index is 2.62. The van der Waals surface area contributed by atoms with E-state index < -0.39 is 0 Å². The van der Waals surface area contributed by atoms with Crippen molar-refractivity contribution in [2.45, 2.75) is 19.8 Å². The number of aromatic amines is 1. The fourth-order valence-corrected chi connectivity index (χ4v) is 2.71. The zero-order valence-electron chi connectivity index (χ0n) is 8.82.